The molecule has 0 aromatic carbocycles. The normalized spacial score (nSPS) is 30.2. The number of hydrogen-bond acceptors (Lipinski definition) is 3. The van der Waals surface area contributed by atoms with Crippen molar-refractivity contribution in [2.75, 3.05) is 19.7 Å². The molecule has 2 fully saturated rings. The first-order valence-corrected chi connectivity index (χ1v) is 7.52. The summed E-state index contributed by atoms with van der Waals surface area (Å²) < 4.78 is 5.59. The third-order valence-electron chi connectivity index (χ3n) is 4.31. The van der Waals surface area contributed by atoms with Gasteiger partial charge in [-0.2, -0.15) is 0 Å². The molecule has 6 nitrogen and oxygen atoms in total. The van der Waals surface area contributed by atoms with Crippen LogP contribution in [-0.4, -0.2) is 53.8 Å². The van der Waals surface area contributed by atoms with Gasteiger partial charge in [0.1, 0.15) is 6.04 Å². The van der Waals surface area contributed by atoms with Gasteiger partial charge >= 0.3 is 12.0 Å². The van der Waals surface area contributed by atoms with Crippen molar-refractivity contribution in [2.45, 2.75) is 51.2 Å². The molecule has 0 aliphatic carbocycles. The largest absolute Gasteiger partial charge is 0.480 e. The standard InChI is InChI=1S/C14H24N2O4/c1-2-12-10(6-8-20-12)9-15-14(19)16-7-4-3-5-11(16)13(17)18/h10-12H,2-9H2,1H3,(H,15,19)(H,17,18). The lowest BCUT2D eigenvalue weighted by Gasteiger charge is -2.33. The van der Waals surface area contributed by atoms with Crippen molar-refractivity contribution in [1.29, 1.82) is 0 Å². The van der Waals surface area contributed by atoms with E-state index in [-0.39, 0.29) is 12.1 Å². The van der Waals surface area contributed by atoms with Crippen LogP contribution in [0, 0.1) is 5.92 Å². The summed E-state index contributed by atoms with van der Waals surface area (Å²) >= 11 is 0. The zero-order chi connectivity index (χ0) is 14.5. The van der Waals surface area contributed by atoms with Crippen LogP contribution in [0.25, 0.3) is 0 Å². The number of carboxylic acid groups (broad SMARTS) is 1. The molecule has 2 aliphatic heterocycles. The number of carboxylic acids is 1. The van der Waals surface area contributed by atoms with E-state index in [1.54, 1.807) is 0 Å². The molecule has 0 aromatic rings. The summed E-state index contributed by atoms with van der Waals surface area (Å²) in [5, 5.41) is 12.1. The maximum Gasteiger partial charge on any atom is 0.326 e. The maximum atomic E-state index is 12.2. The molecule has 0 aromatic heterocycles. The highest BCUT2D eigenvalue weighted by Gasteiger charge is 2.33. The Balaban J connectivity index is 1.85. The van der Waals surface area contributed by atoms with Gasteiger partial charge in [0, 0.05) is 25.6 Å². The highest BCUT2D eigenvalue weighted by molar-refractivity contribution is 5.82. The number of carbonyl (C=O) groups excluding carboxylic acids is 1. The van der Waals surface area contributed by atoms with E-state index >= 15 is 0 Å². The lowest BCUT2D eigenvalue weighted by molar-refractivity contribution is -0.143. The molecule has 20 heavy (non-hydrogen) atoms. The first-order valence-electron chi connectivity index (χ1n) is 7.52. The van der Waals surface area contributed by atoms with Crippen LogP contribution in [0.15, 0.2) is 0 Å². The van der Waals surface area contributed by atoms with E-state index in [4.69, 9.17) is 4.74 Å². The average molecular weight is 284 g/mol. The molecule has 6 heteroatoms. The van der Waals surface area contributed by atoms with E-state index in [1.807, 2.05) is 0 Å². The second-order valence-electron chi connectivity index (χ2n) is 5.60. The fourth-order valence-electron chi connectivity index (χ4n) is 3.13. The molecule has 0 spiro atoms. The molecule has 2 N–H and O–H groups in total. The molecule has 3 atom stereocenters. The Bertz CT molecular complexity index is 361. The predicted octanol–water partition coefficient (Wildman–Crippen LogP) is 1.45. The van der Waals surface area contributed by atoms with E-state index < -0.39 is 12.0 Å². The van der Waals surface area contributed by atoms with Crippen molar-refractivity contribution in [1.82, 2.24) is 10.2 Å². The molecule has 0 radical (unpaired) electrons. The fourth-order valence-corrected chi connectivity index (χ4v) is 3.13. The van der Waals surface area contributed by atoms with Gasteiger partial charge in [-0.25, -0.2) is 9.59 Å². The van der Waals surface area contributed by atoms with E-state index in [0.717, 1.165) is 32.3 Å². The van der Waals surface area contributed by atoms with E-state index in [9.17, 15) is 14.7 Å². The van der Waals surface area contributed by atoms with Gasteiger partial charge in [-0.1, -0.05) is 6.92 Å². The van der Waals surface area contributed by atoms with Gasteiger partial charge in [-0.3, -0.25) is 0 Å². The molecular formula is C14H24N2O4. The van der Waals surface area contributed by atoms with Gasteiger partial charge in [-0.05, 0) is 32.1 Å². The summed E-state index contributed by atoms with van der Waals surface area (Å²) in [4.78, 5) is 24.8. The number of aliphatic carboxylic acids is 1. The Hall–Kier alpha value is -1.30. The SMILES string of the molecule is CCC1OCCC1CNC(=O)N1CCCCC1C(=O)O. The molecule has 2 rings (SSSR count). The summed E-state index contributed by atoms with van der Waals surface area (Å²) in [6.07, 6.45) is 4.42. The van der Waals surface area contributed by atoms with E-state index in [0.29, 0.717) is 25.4 Å². The first-order chi connectivity index (χ1) is 9.63. The number of likely N-dealkylation sites (tertiary alicyclic amines) is 1. The molecule has 2 amide bonds. The molecule has 2 saturated heterocycles. The van der Waals surface area contributed by atoms with Crippen LogP contribution >= 0.6 is 0 Å². The Morgan fingerprint density at radius 1 is 1.35 bits per heavy atom. The molecule has 2 aliphatic rings. The minimum Gasteiger partial charge on any atom is -0.480 e. The van der Waals surface area contributed by atoms with Crippen molar-refractivity contribution in [3.63, 3.8) is 0 Å². The molecule has 2 heterocycles. The second-order valence-corrected chi connectivity index (χ2v) is 5.60. The van der Waals surface area contributed by atoms with Crippen LogP contribution in [0.1, 0.15) is 39.0 Å². The molecule has 0 saturated carbocycles. The zero-order valence-corrected chi connectivity index (χ0v) is 12.0. The van der Waals surface area contributed by atoms with Crippen LogP contribution in [-0.2, 0) is 9.53 Å². The van der Waals surface area contributed by atoms with Gasteiger partial charge < -0.3 is 20.1 Å². The first kappa shape index (κ1) is 15.1. The van der Waals surface area contributed by atoms with Gasteiger partial charge in [-0.15, -0.1) is 0 Å². The van der Waals surface area contributed by atoms with Crippen LogP contribution in [0.3, 0.4) is 0 Å². The number of amides is 2. The second kappa shape index (κ2) is 6.92. The van der Waals surface area contributed by atoms with Crippen molar-refractivity contribution in [2.24, 2.45) is 5.92 Å². The monoisotopic (exact) mass is 284 g/mol. The van der Waals surface area contributed by atoms with Gasteiger partial charge in [0.05, 0.1) is 6.10 Å². The minimum atomic E-state index is -0.907. The minimum absolute atomic E-state index is 0.215. The number of carbonyl (C=O) groups is 2. The van der Waals surface area contributed by atoms with Crippen LogP contribution in [0.2, 0.25) is 0 Å². The van der Waals surface area contributed by atoms with Crippen molar-refractivity contribution >= 4 is 12.0 Å². The lowest BCUT2D eigenvalue weighted by atomic mass is 9.99. The Labute approximate surface area is 119 Å². The Morgan fingerprint density at radius 2 is 2.15 bits per heavy atom. The topological polar surface area (TPSA) is 78.9 Å². The van der Waals surface area contributed by atoms with Gasteiger partial charge in [0.25, 0.3) is 0 Å². The number of rotatable bonds is 4. The quantitative estimate of drug-likeness (QED) is 0.819. The van der Waals surface area contributed by atoms with Crippen LogP contribution < -0.4 is 5.32 Å². The number of urea groups is 1. The van der Waals surface area contributed by atoms with Crippen molar-refractivity contribution < 1.29 is 19.4 Å². The third-order valence-corrected chi connectivity index (χ3v) is 4.31. The van der Waals surface area contributed by atoms with Gasteiger partial charge in [0.15, 0.2) is 0 Å². The molecular weight excluding hydrogens is 260 g/mol. The smallest absolute Gasteiger partial charge is 0.326 e. The Kier molecular flexibility index (Phi) is 5.23. The number of piperidine rings is 1. The number of ether oxygens (including phenoxy) is 1. The highest BCUT2D eigenvalue weighted by atomic mass is 16.5. The van der Waals surface area contributed by atoms with E-state index in [2.05, 4.69) is 12.2 Å². The van der Waals surface area contributed by atoms with Crippen LogP contribution in [0.5, 0.6) is 0 Å². The van der Waals surface area contributed by atoms with E-state index in [1.165, 1.54) is 4.90 Å². The summed E-state index contributed by atoms with van der Waals surface area (Å²) in [6.45, 7) is 3.93. The summed E-state index contributed by atoms with van der Waals surface area (Å²) in [5.74, 6) is -0.562. The van der Waals surface area contributed by atoms with Crippen molar-refractivity contribution in [3.05, 3.63) is 0 Å². The van der Waals surface area contributed by atoms with Gasteiger partial charge in [0.2, 0.25) is 0 Å². The number of nitrogens with one attached hydrogen (secondary N) is 1. The molecule has 3 unspecified atom stereocenters. The third kappa shape index (κ3) is 3.42. The maximum absolute atomic E-state index is 12.2. The summed E-state index contributed by atoms with van der Waals surface area (Å²) in [5.41, 5.74) is 0. The predicted molar refractivity (Wildman–Crippen MR) is 73.5 cm³/mol. The summed E-state index contributed by atoms with van der Waals surface area (Å²) in [7, 11) is 0. The number of nitrogens with zero attached hydrogens (tertiary/aromatic N) is 1. The average Bonchev–Trinajstić information content (AvgIpc) is 2.92. The number of hydrogen-bond donors (Lipinski definition) is 2. The Morgan fingerprint density at radius 3 is 2.85 bits per heavy atom. The lowest BCUT2D eigenvalue weighted by Crippen LogP contribution is -2.52. The molecule has 0 bridgehead atoms. The fraction of sp³-hybridized carbons (Fsp3) is 0.857. The highest BCUT2D eigenvalue weighted by Crippen LogP contribution is 2.23. The molecule has 114 valence electrons. The zero-order valence-electron chi connectivity index (χ0n) is 12.0. The summed E-state index contributed by atoms with van der Waals surface area (Å²) in [6, 6.07) is -0.926. The van der Waals surface area contributed by atoms with Crippen molar-refractivity contribution in [3.8, 4) is 0 Å². The van der Waals surface area contributed by atoms with Crippen LogP contribution in [0.4, 0.5) is 4.79 Å².